The van der Waals surface area contributed by atoms with Crippen LogP contribution in [-0.2, 0) is 9.53 Å². The first-order chi connectivity index (χ1) is 7.20. The van der Waals surface area contributed by atoms with E-state index in [1.54, 1.807) is 0 Å². The topological polar surface area (TPSA) is 26.3 Å². The van der Waals surface area contributed by atoms with Gasteiger partial charge >= 0.3 is 5.97 Å². The second kappa shape index (κ2) is 2.54. The fourth-order valence-electron chi connectivity index (χ4n) is 5.00. The summed E-state index contributed by atoms with van der Waals surface area (Å²) in [5, 5.41) is 0. The van der Waals surface area contributed by atoms with Crippen LogP contribution in [0.3, 0.4) is 0 Å². The molecule has 1 heterocycles. The Labute approximate surface area is 103 Å². The average Bonchev–Trinajstić information content (AvgIpc) is 2.83. The average molecular weight is 318 g/mol. The van der Waals surface area contributed by atoms with Crippen LogP contribution in [0, 0.1) is 16.7 Å². The highest BCUT2D eigenvalue weighted by Crippen LogP contribution is 2.83. The summed E-state index contributed by atoms with van der Waals surface area (Å²) >= 11 is 2.50. The van der Waals surface area contributed by atoms with Gasteiger partial charge in [-0.2, -0.15) is 0 Å². The molecule has 3 saturated carbocycles. The van der Waals surface area contributed by atoms with Gasteiger partial charge in [0.15, 0.2) is 0 Å². The van der Waals surface area contributed by atoms with Crippen LogP contribution < -0.4 is 0 Å². The molecule has 3 heteroatoms. The van der Waals surface area contributed by atoms with Gasteiger partial charge in [0.25, 0.3) is 0 Å². The molecule has 1 saturated heterocycles. The molecule has 4 aliphatic rings. The van der Waals surface area contributed by atoms with Crippen LogP contribution in [0.15, 0.2) is 0 Å². The largest absolute Gasteiger partial charge is 0.461 e. The third-order valence-corrected chi connectivity index (χ3v) is 6.78. The van der Waals surface area contributed by atoms with Gasteiger partial charge in [-0.25, -0.2) is 0 Å². The molecule has 1 aliphatic heterocycles. The van der Waals surface area contributed by atoms with Crippen LogP contribution >= 0.6 is 22.6 Å². The molecule has 5 atom stereocenters. The maximum atomic E-state index is 12.0. The lowest BCUT2D eigenvalue weighted by Crippen LogP contribution is -2.40. The molecule has 0 N–H and O–H groups in total. The summed E-state index contributed by atoms with van der Waals surface area (Å²) in [6, 6.07) is 0. The lowest BCUT2D eigenvalue weighted by Gasteiger charge is -2.40. The van der Waals surface area contributed by atoms with Gasteiger partial charge in [-0.05, 0) is 36.5 Å². The summed E-state index contributed by atoms with van der Waals surface area (Å²) in [4.78, 5) is 12.0. The van der Waals surface area contributed by atoms with E-state index in [0.29, 0.717) is 20.7 Å². The number of alkyl halides is 1. The van der Waals surface area contributed by atoms with Crippen LogP contribution in [-0.4, -0.2) is 16.0 Å². The van der Waals surface area contributed by atoms with E-state index in [-0.39, 0.29) is 12.1 Å². The number of rotatable bonds is 0. The van der Waals surface area contributed by atoms with E-state index in [1.165, 1.54) is 38.5 Å². The predicted molar refractivity (Wildman–Crippen MR) is 63.7 cm³/mol. The lowest BCUT2D eigenvalue weighted by atomic mass is 9.70. The predicted octanol–water partition coefficient (Wildman–Crippen LogP) is 2.69. The molecular weight excluding hydrogens is 303 g/mol. The highest BCUT2D eigenvalue weighted by molar-refractivity contribution is 14.1. The van der Waals surface area contributed by atoms with Gasteiger partial charge < -0.3 is 4.74 Å². The zero-order valence-corrected chi connectivity index (χ0v) is 10.8. The quantitative estimate of drug-likeness (QED) is 0.390. The Morgan fingerprint density at radius 2 is 1.87 bits per heavy atom. The molecule has 0 amide bonds. The molecule has 5 unspecified atom stereocenters. The number of hydrogen-bond acceptors (Lipinski definition) is 2. The summed E-state index contributed by atoms with van der Waals surface area (Å²) in [7, 11) is 0. The van der Waals surface area contributed by atoms with Crippen molar-refractivity contribution in [2.24, 2.45) is 16.7 Å². The summed E-state index contributed by atoms with van der Waals surface area (Å²) < 4.78 is 6.15. The van der Waals surface area contributed by atoms with Crippen molar-refractivity contribution in [1.29, 1.82) is 0 Å². The minimum atomic E-state index is 0.146. The minimum absolute atomic E-state index is 0.146. The first-order valence-electron chi connectivity index (χ1n) is 6.04. The van der Waals surface area contributed by atoms with Crippen molar-refractivity contribution in [2.45, 2.75) is 48.6 Å². The van der Waals surface area contributed by atoms with E-state index in [9.17, 15) is 4.79 Å². The Kier molecular flexibility index (Phi) is 1.57. The number of carbonyl (C=O) groups is 1. The van der Waals surface area contributed by atoms with E-state index in [4.69, 9.17) is 4.74 Å². The van der Waals surface area contributed by atoms with Gasteiger partial charge in [-0.3, -0.25) is 4.79 Å². The first kappa shape index (κ1) is 9.25. The van der Waals surface area contributed by atoms with Gasteiger partial charge in [0, 0.05) is 3.92 Å². The Bertz CT molecular complexity index is 356. The smallest absolute Gasteiger partial charge is 0.310 e. The van der Waals surface area contributed by atoms with Crippen molar-refractivity contribution in [3.8, 4) is 0 Å². The summed E-state index contributed by atoms with van der Waals surface area (Å²) in [5.74, 6) is 0.441. The van der Waals surface area contributed by atoms with Gasteiger partial charge in [-0.15, -0.1) is 0 Å². The van der Waals surface area contributed by atoms with Crippen LogP contribution in [0.2, 0.25) is 0 Å². The van der Waals surface area contributed by atoms with E-state index in [0.717, 1.165) is 0 Å². The molecule has 4 rings (SSSR count). The first-order valence-corrected chi connectivity index (χ1v) is 7.29. The number of halogens is 1. The van der Waals surface area contributed by atoms with Gasteiger partial charge in [-0.1, -0.05) is 35.4 Å². The van der Waals surface area contributed by atoms with E-state index < -0.39 is 0 Å². The number of esters is 1. The highest BCUT2D eigenvalue weighted by Gasteiger charge is 2.83. The van der Waals surface area contributed by atoms with Crippen molar-refractivity contribution in [1.82, 2.24) is 0 Å². The van der Waals surface area contributed by atoms with Crippen LogP contribution in [0.5, 0.6) is 0 Å². The third kappa shape index (κ3) is 0.839. The molecule has 0 aromatic heterocycles. The third-order valence-electron chi connectivity index (χ3n) is 5.54. The molecule has 0 aromatic rings. The molecule has 4 fully saturated rings. The number of hydrogen-bond donors (Lipinski definition) is 0. The maximum absolute atomic E-state index is 12.0. The monoisotopic (exact) mass is 318 g/mol. The van der Waals surface area contributed by atoms with Crippen molar-refractivity contribution in [2.75, 3.05) is 0 Å². The zero-order chi connectivity index (χ0) is 10.3. The van der Waals surface area contributed by atoms with Crippen molar-refractivity contribution in [3.63, 3.8) is 0 Å². The Morgan fingerprint density at radius 1 is 1.20 bits per heavy atom. The van der Waals surface area contributed by atoms with E-state index in [1.807, 2.05) is 0 Å². The second-order valence-corrected chi connectivity index (χ2v) is 7.45. The molecule has 0 radical (unpaired) electrons. The van der Waals surface area contributed by atoms with Crippen LogP contribution in [0.25, 0.3) is 0 Å². The molecule has 2 bridgehead atoms. The van der Waals surface area contributed by atoms with Crippen molar-refractivity contribution < 1.29 is 9.53 Å². The SMILES string of the molecule is O=C1OC2CC34CCCCC3(CC2I)C14. The van der Waals surface area contributed by atoms with Gasteiger partial charge in [0.1, 0.15) is 6.10 Å². The molecule has 3 aliphatic carbocycles. The van der Waals surface area contributed by atoms with E-state index >= 15 is 0 Å². The fourth-order valence-corrected chi connectivity index (χ4v) is 6.19. The highest BCUT2D eigenvalue weighted by atomic mass is 127. The van der Waals surface area contributed by atoms with Crippen LogP contribution in [0.1, 0.15) is 38.5 Å². The minimum Gasteiger partial charge on any atom is -0.461 e. The standard InChI is InChI=1S/C12H15IO2/c13-7-5-11-3-1-2-4-12(11)6-8(7)15-10(14)9(11)12/h7-9H,1-6H2. The lowest BCUT2D eigenvalue weighted by molar-refractivity contribution is -0.157. The summed E-state index contributed by atoms with van der Waals surface area (Å²) in [6.07, 6.45) is 7.92. The van der Waals surface area contributed by atoms with Crippen molar-refractivity contribution in [3.05, 3.63) is 0 Å². The van der Waals surface area contributed by atoms with Crippen molar-refractivity contribution >= 4 is 28.6 Å². The maximum Gasteiger partial charge on any atom is 0.310 e. The molecule has 1 spiro atoms. The number of carbonyl (C=O) groups excluding carboxylic acids is 1. The van der Waals surface area contributed by atoms with Gasteiger partial charge in [0.05, 0.1) is 5.92 Å². The Hall–Kier alpha value is 0.200. The molecule has 15 heavy (non-hydrogen) atoms. The van der Waals surface area contributed by atoms with Gasteiger partial charge in [0.2, 0.25) is 0 Å². The summed E-state index contributed by atoms with van der Waals surface area (Å²) in [5.41, 5.74) is 0.800. The van der Waals surface area contributed by atoms with Crippen LogP contribution in [0.4, 0.5) is 0 Å². The molecular formula is C12H15IO2. The zero-order valence-electron chi connectivity index (χ0n) is 8.67. The molecule has 0 aromatic carbocycles. The number of fused-ring (bicyclic) bond motifs is 1. The number of ether oxygens (including phenoxy) is 1. The second-order valence-electron chi connectivity index (χ2n) is 5.85. The Balaban J connectivity index is 1.84. The van der Waals surface area contributed by atoms with E-state index in [2.05, 4.69) is 22.6 Å². The molecule has 82 valence electrons. The normalized spacial score (nSPS) is 60.6. The fraction of sp³-hybridized carbons (Fsp3) is 0.917. The molecule has 2 nitrogen and oxygen atoms in total. The Morgan fingerprint density at radius 3 is 2.60 bits per heavy atom. The summed E-state index contributed by atoms with van der Waals surface area (Å²) in [6.45, 7) is 0.